The quantitative estimate of drug-likeness (QED) is 0.545. The zero-order valence-electron chi connectivity index (χ0n) is 4.68. The Bertz CT molecular complexity index is 74.1. The monoisotopic (exact) mass is 121 g/mol. The van der Waals surface area contributed by atoms with Gasteiger partial charge in [0.05, 0.1) is 0 Å². The Hall–Kier alpha value is 0.110. The Balaban J connectivity index is 3.34. The molecule has 2 nitrogen and oxygen atoms in total. The Kier molecular flexibility index (Phi) is 3.21. The predicted octanol–water partition coefficient (Wildman–Crippen LogP) is -0.288. The van der Waals surface area contributed by atoms with Gasteiger partial charge >= 0.3 is 0 Å². The minimum absolute atomic E-state index is 0.153. The molecule has 2 atom stereocenters. The van der Waals surface area contributed by atoms with E-state index in [4.69, 9.17) is 5.73 Å². The van der Waals surface area contributed by atoms with E-state index in [2.05, 4.69) is 0 Å². The summed E-state index contributed by atoms with van der Waals surface area (Å²) >= 11 is 0. The molecular formula is C4H11NOS. The second-order valence-electron chi connectivity index (χ2n) is 1.54. The predicted molar refractivity (Wildman–Crippen MR) is 32.6 cm³/mol. The lowest BCUT2D eigenvalue weighted by molar-refractivity contribution is 0.677. The van der Waals surface area contributed by atoms with E-state index in [0.29, 0.717) is 6.54 Å². The molecule has 2 N–H and O–H groups in total. The van der Waals surface area contributed by atoms with Crippen LogP contribution in [-0.4, -0.2) is 22.3 Å². The highest BCUT2D eigenvalue weighted by molar-refractivity contribution is 7.84. The summed E-state index contributed by atoms with van der Waals surface area (Å²) in [7, 11) is -0.735. The van der Waals surface area contributed by atoms with E-state index >= 15 is 0 Å². The SMILES string of the molecule is C[C@H](CN)[S@@](C)=O. The lowest BCUT2D eigenvalue weighted by atomic mass is 10.5. The number of rotatable bonds is 2. The minimum atomic E-state index is -0.735. The highest BCUT2D eigenvalue weighted by Gasteiger charge is 1.99. The zero-order chi connectivity index (χ0) is 5.86. The van der Waals surface area contributed by atoms with Gasteiger partial charge in [-0.3, -0.25) is 4.21 Å². The molecule has 0 aromatic carbocycles. The summed E-state index contributed by atoms with van der Waals surface area (Å²) in [6.45, 7) is 2.39. The fourth-order valence-corrected chi connectivity index (χ4v) is 0.407. The van der Waals surface area contributed by atoms with Crippen LogP contribution in [0.5, 0.6) is 0 Å². The Morgan fingerprint density at radius 3 is 2.29 bits per heavy atom. The molecule has 7 heavy (non-hydrogen) atoms. The van der Waals surface area contributed by atoms with Crippen LogP contribution < -0.4 is 5.73 Å². The maximum absolute atomic E-state index is 10.4. The van der Waals surface area contributed by atoms with Gasteiger partial charge in [0, 0.05) is 28.9 Å². The van der Waals surface area contributed by atoms with Crippen LogP contribution in [-0.2, 0) is 10.8 Å². The summed E-state index contributed by atoms with van der Waals surface area (Å²) in [6.07, 6.45) is 1.66. The van der Waals surface area contributed by atoms with E-state index in [0.717, 1.165) is 0 Å². The van der Waals surface area contributed by atoms with E-state index in [-0.39, 0.29) is 5.25 Å². The average molecular weight is 121 g/mol. The largest absolute Gasteiger partial charge is 0.329 e. The van der Waals surface area contributed by atoms with Gasteiger partial charge in [-0.05, 0) is 6.92 Å². The molecular weight excluding hydrogens is 110 g/mol. The van der Waals surface area contributed by atoms with Crippen LogP contribution in [0.15, 0.2) is 0 Å². The van der Waals surface area contributed by atoms with Gasteiger partial charge in [0.2, 0.25) is 0 Å². The number of nitrogens with two attached hydrogens (primary N) is 1. The van der Waals surface area contributed by atoms with E-state index in [1.807, 2.05) is 6.92 Å². The Morgan fingerprint density at radius 1 is 1.86 bits per heavy atom. The summed E-state index contributed by atoms with van der Waals surface area (Å²) in [5, 5.41) is 0.153. The van der Waals surface area contributed by atoms with Gasteiger partial charge in [0.25, 0.3) is 0 Å². The van der Waals surface area contributed by atoms with Gasteiger partial charge in [0.15, 0.2) is 0 Å². The molecule has 0 aliphatic heterocycles. The van der Waals surface area contributed by atoms with Crippen molar-refractivity contribution in [2.75, 3.05) is 12.8 Å². The smallest absolute Gasteiger partial charge is 0.0439 e. The molecule has 0 spiro atoms. The van der Waals surface area contributed by atoms with Crippen molar-refractivity contribution in [2.24, 2.45) is 5.73 Å². The second kappa shape index (κ2) is 3.16. The average Bonchev–Trinajstić information content (AvgIpc) is 1.65. The molecule has 0 bridgehead atoms. The molecule has 0 radical (unpaired) electrons. The Morgan fingerprint density at radius 2 is 2.29 bits per heavy atom. The molecule has 0 aromatic rings. The summed E-state index contributed by atoms with van der Waals surface area (Å²) in [5.41, 5.74) is 5.18. The van der Waals surface area contributed by atoms with Crippen molar-refractivity contribution in [2.45, 2.75) is 12.2 Å². The van der Waals surface area contributed by atoms with E-state index in [1.54, 1.807) is 6.26 Å². The van der Waals surface area contributed by atoms with Crippen LogP contribution in [0.2, 0.25) is 0 Å². The normalized spacial score (nSPS) is 18.7. The highest BCUT2D eigenvalue weighted by Crippen LogP contribution is 1.85. The maximum Gasteiger partial charge on any atom is 0.0439 e. The van der Waals surface area contributed by atoms with E-state index < -0.39 is 10.8 Å². The van der Waals surface area contributed by atoms with Crippen molar-refractivity contribution in [1.82, 2.24) is 0 Å². The molecule has 0 heterocycles. The van der Waals surface area contributed by atoms with Crippen LogP contribution in [0, 0.1) is 0 Å². The first-order chi connectivity index (χ1) is 3.18. The van der Waals surface area contributed by atoms with Gasteiger partial charge in [-0.25, -0.2) is 0 Å². The summed E-state index contributed by atoms with van der Waals surface area (Å²) in [5.74, 6) is 0. The summed E-state index contributed by atoms with van der Waals surface area (Å²) in [4.78, 5) is 0. The first-order valence-electron chi connectivity index (χ1n) is 2.20. The molecule has 0 fully saturated rings. The fourth-order valence-electron chi connectivity index (χ4n) is 0.136. The van der Waals surface area contributed by atoms with Crippen LogP contribution in [0.3, 0.4) is 0 Å². The molecule has 0 aliphatic rings. The molecule has 0 amide bonds. The summed E-state index contributed by atoms with van der Waals surface area (Å²) in [6, 6.07) is 0. The first kappa shape index (κ1) is 7.11. The topological polar surface area (TPSA) is 43.1 Å². The Labute approximate surface area is 46.5 Å². The van der Waals surface area contributed by atoms with Gasteiger partial charge in [0.1, 0.15) is 0 Å². The van der Waals surface area contributed by atoms with Gasteiger partial charge in [-0.2, -0.15) is 0 Å². The van der Waals surface area contributed by atoms with Crippen molar-refractivity contribution >= 4 is 10.8 Å². The molecule has 0 saturated carbocycles. The van der Waals surface area contributed by atoms with Crippen molar-refractivity contribution in [3.8, 4) is 0 Å². The highest BCUT2D eigenvalue weighted by atomic mass is 32.2. The van der Waals surface area contributed by atoms with E-state index in [9.17, 15) is 4.21 Å². The molecule has 3 heteroatoms. The minimum Gasteiger partial charge on any atom is -0.329 e. The third kappa shape index (κ3) is 2.76. The van der Waals surface area contributed by atoms with Gasteiger partial charge in [-0.1, -0.05) is 0 Å². The van der Waals surface area contributed by atoms with Crippen LogP contribution in [0.25, 0.3) is 0 Å². The van der Waals surface area contributed by atoms with Crippen molar-refractivity contribution in [1.29, 1.82) is 0 Å². The third-order valence-electron chi connectivity index (χ3n) is 0.899. The van der Waals surface area contributed by atoms with Crippen molar-refractivity contribution in [3.63, 3.8) is 0 Å². The molecule has 0 unspecified atom stereocenters. The second-order valence-corrected chi connectivity index (χ2v) is 3.35. The molecule has 0 aliphatic carbocycles. The van der Waals surface area contributed by atoms with Gasteiger partial charge in [-0.15, -0.1) is 0 Å². The third-order valence-corrected chi connectivity index (χ3v) is 2.22. The molecule has 0 saturated heterocycles. The lowest BCUT2D eigenvalue weighted by Gasteiger charge is -1.99. The number of hydrogen-bond acceptors (Lipinski definition) is 2. The first-order valence-corrected chi connectivity index (χ1v) is 3.83. The lowest BCUT2D eigenvalue weighted by Crippen LogP contribution is -2.20. The zero-order valence-corrected chi connectivity index (χ0v) is 5.49. The van der Waals surface area contributed by atoms with Crippen LogP contribution in [0.1, 0.15) is 6.92 Å². The molecule has 0 rings (SSSR count). The van der Waals surface area contributed by atoms with Crippen LogP contribution in [0.4, 0.5) is 0 Å². The summed E-state index contributed by atoms with van der Waals surface area (Å²) < 4.78 is 10.4. The van der Waals surface area contributed by atoms with E-state index in [1.165, 1.54) is 0 Å². The fraction of sp³-hybridized carbons (Fsp3) is 1.00. The van der Waals surface area contributed by atoms with Gasteiger partial charge < -0.3 is 5.73 Å². The van der Waals surface area contributed by atoms with Crippen molar-refractivity contribution < 1.29 is 4.21 Å². The standard InChI is InChI=1S/C4H11NOS/c1-4(3-5)7(2)6/h4H,3,5H2,1-2H3/t4-,7-/m1/s1. The number of hydrogen-bond donors (Lipinski definition) is 1. The molecule has 0 aromatic heterocycles. The van der Waals surface area contributed by atoms with Crippen molar-refractivity contribution in [3.05, 3.63) is 0 Å². The van der Waals surface area contributed by atoms with Crippen LogP contribution >= 0.6 is 0 Å². The molecule has 44 valence electrons. The maximum atomic E-state index is 10.4.